The number of nitrogens with zero attached hydrogens (tertiary/aromatic N) is 2. The van der Waals surface area contributed by atoms with Gasteiger partial charge in [-0.1, -0.05) is 48.1 Å². The van der Waals surface area contributed by atoms with Gasteiger partial charge in [-0.3, -0.25) is 9.36 Å². The summed E-state index contributed by atoms with van der Waals surface area (Å²) in [5.74, 6) is 0.442. The second kappa shape index (κ2) is 6.78. The van der Waals surface area contributed by atoms with Crippen molar-refractivity contribution in [2.75, 3.05) is 0 Å². The second-order valence-corrected chi connectivity index (χ2v) is 6.84. The Morgan fingerprint density at radius 1 is 1.14 bits per heavy atom. The molecule has 3 aromatic rings. The molecule has 0 N–H and O–H groups in total. The number of hydrogen-bond donors (Lipinski definition) is 0. The first-order valence-electron chi connectivity index (χ1n) is 8.89. The number of hydrogen-bond acceptors (Lipinski definition) is 2. The van der Waals surface area contributed by atoms with Crippen LogP contribution in [0, 0.1) is 0 Å². The lowest BCUT2D eigenvalue weighted by Gasteiger charge is -2.09. The Hall–Kier alpha value is -3.15. The van der Waals surface area contributed by atoms with E-state index >= 15 is 0 Å². The van der Waals surface area contributed by atoms with E-state index in [2.05, 4.69) is 4.98 Å². The average Bonchev–Trinajstić information content (AvgIpc) is 3.04. The highest BCUT2D eigenvalue weighted by atomic mass is 19.4. The number of fused-ring (bicyclic) bond motifs is 2. The molecule has 0 saturated carbocycles. The molecular weight excluding hydrogens is 365 g/mol. The molecule has 2 aromatic carbocycles. The number of benzene rings is 2. The molecule has 142 valence electrons. The van der Waals surface area contributed by atoms with Gasteiger partial charge in [0.2, 0.25) is 0 Å². The Morgan fingerprint density at radius 3 is 2.61 bits per heavy atom. The van der Waals surface area contributed by atoms with Crippen molar-refractivity contribution in [3.05, 3.63) is 87.5 Å². The van der Waals surface area contributed by atoms with Gasteiger partial charge in [0.15, 0.2) is 0 Å². The third-order valence-electron chi connectivity index (χ3n) is 4.77. The highest BCUT2D eigenvalue weighted by Crippen LogP contribution is 2.32. The van der Waals surface area contributed by atoms with Gasteiger partial charge >= 0.3 is 6.18 Å². The van der Waals surface area contributed by atoms with Gasteiger partial charge in [-0.15, -0.1) is 0 Å². The molecule has 2 heterocycles. The highest BCUT2D eigenvalue weighted by molar-refractivity contribution is 5.81. The minimum Gasteiger partial charge on any atom is -0.292 e. The lowest BCUT2D eigenvalue weighted by molar-refractivity contribution is -0.137. The fourth-order valence-corrected chi connectivity index (χ4v) is 3.46. The molecular formula is C22H17F3N2O. The number of aromatic nitrogens is 2. The zero-order valence-corrected chi connectivity index (χ0v) is 15.1. The molecule has 0 spiro atoms. The van der Waals surface area contributed by atoms with E-state index in [1.54, 1.807) is 0 Å². The normalized spacial score (nSPS) is 16.0. The van der Waals surface area contributed by atoms with Crippen molar-refractivity contribution in [2.24, 2.45) is 0 Å². The van der Waals surface area contributed by atoms with Crippen LogP contribution in [0.4, 0.5) is 13.2 Å². The van der Waals surface area contributed by atoms with E-state index < -0.39 is 11.7 Å². The molecule has 1 aliphatic rings. The molecule has 1 aliphatic heterocycles. The maximum atomic E-state index is 13.0. The van der Waals surface area contributed by atoms with Crippen molar-refractivity contribution in [1.82, 2.24) is 9.55 Å². The number of allylic oxidation sites excluding steroid dienone is 3. The molecule has 0 unspecified atom stereocenters. The van der Waals surface area contributed by atoms with Gasteiger partial charge in [0, 0.05) is 6.54 Å². The number of alkyl halides is 3. The van der Waals surface area contributed by atoms with Crippen molar-refractivity contribution in [1.29, 1.82) is 0 Å². The van der Waals surface area contributed by atoms with E-state index in [1.165, 1.54) is 10.6 Å². The van der Waals surface area contributed by atoms with Gasteiger partial charge < -0.3 is 0 Å². The van der Waals surface area contributed by atoms with Gasteiger partial charge in [0.1, 0.15) is 5.82 Å². The van der Waals surface area contributed by atoms with E-state index in [9.17, 15) is 18.0 Å². The van der Waals surface area contributed by atoms with Crippen LogP contribution >= 0.6 is 0 Å². The molecule has 0 radical (unpaired) electrons. The summed E-state index contributed by atoms with van der Waals surface area (Å²) < 4.78 is 40.6. The lowest BCUT2D eigenvalue weighted by atomic mass is 10.1. The summed E-state index contributed by atoms with van der Waals surface area (Å²) in [6, 6.07) is 12.9. The van der Waals surface area contributed by atoms with Crippen LogP contribution in [0.15, 0.2) is 65.0 Å². The van der Waals surface area contributed by atoms with Crippen LogP contribution in [0.2, 0.25) is 0 Å². The van der Waals surface area contributed by atoms with Gasteiger partial charge in [0.25, 0.3) is 5.56 Å². The molecule has 3 nitrogen and oxygen atoms in total. The first kappa shape index (κ1) is 18.2. The van der Waals surface area contributed by atoms with Crippen molar-refractivity contribution in [2.45, 2.75) is 26.1 Å². The van der Waals surface area contributed by atoms with Crippen LogP contribution in [0.1, 0.15) is 30.3 Å². The van der Waals surface area contributed by atoms with Gasteiger partial charge in [-0.05, 0) is 42.7 Å². The SMILES string of the molecule is CC(=C/c1ccccc1)/C=C1/CCn2c1nc1cc(C(F)(F)F)ccc1c2=O. The second-order valence-electron chi connectivity index (χ2n) is 6.84. The summed E-state index contributed by atoms with van der Waals surface area (Å²) in [5, 5.41) is 0.203. The van der Waals surface area contributed by atoms with Gasteiger partial charge in [-0.2, -0.15) is 13.2 Å². The van der Waals surface area contributed by atoms with E-state index in [1.807, 2.05) is 49.4 Å². The molecule has 0 saturated heterocycles. The standard InChI is InChI=1S/C22H17F3N2O/c1-14(11-15-5-3-2-4-6-15)12-16-9-10-27-20(16)26-19-13-17(22(23,24)25)7-8-18(19)21(27)28/h2-8,11-13H,9-10H2,1H3/b14-11-,16-12-. The molecule has 0 bridgehead atoms. The molecule has 0 aliphatic carbocycles. The summed E-state index contributed by atoms with van der Waals surface area (Å²) in [6.07, 6.45) is 0.0949. The lowest BCUT2D eigenvalue weighted by Crippen LogP contribution is -2.21. The molecule has 0 atom stereocenters. The summed E-state index contributed by atoms with van der Waals surface area (Å²) in [6.45, 7) is 2.42. The third-order valence-corrected chi connectivity index (χ3v) is 4.77. The minimum atomic E-state index is -4.47. The molecule has 28 heavy (non-hydrogen) atoms. The van der Waals surface area contributed by atoms with Crippen LogP contribution in [0.3, 0.4) is 0 Å². The maximum absolute atomic E-state index is 13.0. The van der Waals surface area contributed by atoms with Crippen molar-refractivity contribution < 1.29 is 13.2 Å². The summed E-state index contributed by atoms with van der Waals surface area (Å²) in [5.41, 5.74) is 1.84. The predicted molar refractivity (Wildman–Crippen MR) is 104 cm³/mol. The van der Waals surface area contributed by atoms with Crippen molar-refractivity contribution >= 4 is 22.6 Å². The van der Waals surface area contributed by atoms with E-state index in [0.29, 0.717) is 18.8 Å². The van der Waals surface area contributed by atoms with Crippen LogP contribution in [-0.4, -0.2) is 9.55 Å². The Labute approximate surface area is 159 Å². The summed E-state index contributed by atoms with van der Waals surface area (Å²) in [7, 11) is 0. The Balaban J connectivity index is 1.80. The molecule has 6 heteroatoms. The average molecular weight is 382 g/mol. The Morgan fingerprint density at radius 2 is 1.89 bits per heavy atom. The zero-order valence-electron chi connectivity index (χ0n) is 15.1. The smallest absolute Gasteiger partial charge is 0.292 e. The number of halogens is 3. The van der Waals surface area contributed by atoms with E-state index in [4.69, 9.17) is 0 Å². The Bertz CT molecular complexity index is 1170. The Kier molecular flexibility index (Phi) is 4.41. The zero-order chi connectivity index (χ0) is 19.9. The minimum absolute atomic E-state index is 0.0727. The first-order valence-corrected chi connectivity index (χ1v) is 8.89. The molecule has 4 rings (SSSR count). The molecule has 0 fully saturated rings. The molecule has 0 amide bonds. The maximum Gasteiger partial charge on any atom is 0.416 e. The third kappa shape index (κ3) is 3.38. The fraction of sp³-hybridized carbons (Fsp3) is 0.182. The van der Waals surface area contributed by atoms with Crippen molar-refractivity contribution in [3.63, 3.8) is 0 Å². The first-order chi connectivity index (χ1) is 13.3. The fourth-order valence-electron chi connectivity index (χ4n) is 3.46. The summed E-state index contributed by atoms with van der Waals surface area (Å²) in [4.78, 5) is 17.1. The van der Waals surface area contributed by atoms with Crippen LogP contribution < -0.4 is 5.56 Å². The van der Waals surface area contributed by atoms with Gasteiger partial charge in [-0.25, -0.2) is 4.98 Å². The highest BCUT2D eigenvalue weighted by Gasteiger charge is 2.31. The topological polar surface area (TPSA) is 34.9 Å². The quantitative estimate of drug-likeness (QED) is 0.602. The largest absolute Gasteiger partial charge is 0.416 e. The summed E-state index contributed by atoms with van der Waals surface area (Å²) >= 11 is 0. The predicted octanol–water partition coefficient (Wildman–Crippen LogP) is 5.31. The molecule has 1 aromatic heterocycles. The van der Waals surface area contributed by atoms with Crippen LogP contribution in [0.5, 0.6) is 0 Å². The van der Waals surface area contributed by atoms with Crippen LogP contribution in [-0.2, 0) is 12.7 Å². The monoisotopic (exact) mass is 382 g/mol. The van der Waals surface area contributed by atoms with Crippen molar-refractivity contribution in [3.8, 4) is 0 Å². The number of rotatable bonds is 2. The van der Waals surface area contributed by atoms with Crippen LogP contribution in [0.25, 0.3) is 22.6 Å². The van der Waals surface area contributed by atoms with E-state index in [-0.39, 0.29) is 16.5 Å². The van der Waals surface area contributed by atoms with E-state index in [0.717, 1.165) is 28.8 Å². The van der Waals surface area contributed by atoms with Gasteiger partial charge in [0.05, 0.1) is 16.5 Å².